The van der Waals surface area contributed by atoms with Crippen LogP contribution in [0.5, 0.6) is 0 Å². The van der Waals surface area contributed by atoms with E-state index in [1.54, 1.807) is 6.20 Å². The van der Waals surface area contributed by atoms with E-state index in [9.17, 15) is 0 Å². The third-order valence-electron chi connectivity index (χ3n) is 4.05. The van der Waals surface area contributed by atoms with Gasteiger partial charge in [-0.1, -0.05) is 30.3 Å². The molecule has 6 nitrogen and oxygen atoms in total. The minimum absolute atomic E-state index is 0.0973. The minimum atomic E-state index is -0.0973. The lowest BCUT2D eigenvalue weighted by molar-refractivity contribution is 0.485. The molecule has 0 bridgehead atoms. The molecule has 2 heterocycles. The van der Waals surface area contributed by atoms with Crippen LogP contribution in [-0.4, -0.2) is 20.0 Å². The van der Waals surface area contributed by atoms with Gasteiger partial charge in [-0.2, -0.15) is 5.10 Å². The van der Waals surface area contributed by atoms with Crippen LogP contribution >= 0.6 is 0 Å². The van der Waals surface area contributed by atoms with E-state index in [-0.39, 0.29) is 6.04 Å². The molecule has 6 heteroatoms. The molecular weight excluding hydrogens is 326 g/mol. The first-order chi connectivity index (χ1) is 12.8. The number of nitrogens with zero attached hydrogens (tertiary/aromatic N) is 4. The highest BCUT2D eigenvalue weighted by Crippen LogP contribution is 2.23. The second kappa shape index (κ2) is 7.23. The molecule has 2 aromatic heterocycles. The standard InChI is InChI=1S/C20H19N5O/c1-15(19-23-24-20(26-19)17-8-3-2-4-9-17)22-18-10-5-7-16(13-18)14-25-12-6-11-21-25/h2-13,15,22H,14H2,1H3/t15-/m0/s1. The SMILES string of the molecule is C[C@H](Nc1cccc(Cn2cccn2)c1)c1nnc(-c2ccccc2)o1. The van der Waals surface area contributed by atoms with Crippen LogP contribution in [0.1, 0.15) is 24.4 Å². The number of hydrogen-bond donors (Lipinski definition) is 1. The number of benzene rings is 2. The van der Waals surface area contributed by atoms with Gasteiger partial charge in [0, 0.05) is 23.6 Å². The average molecular weight is 345 g/mol. The van der Waals surface area contributed by atoms with E-state index in [2.05, 4.69) is 32.7 Å². The van der Waals surface area contributed by atoms with Gasteiger partial charge in [0.25, 0.3) is 0 Å². The summed E-state index contributed by atoms with van der Waals surface area (Å²) in [5, 5.41) is 16.0. The van der Waals surface area contributed by atoms with Crippen LogP contribution in [0.4, 0.5) is 5.69 Å². The molecule has 1 N–H and O–H groups in total. The molecule has 2 aromatic carbocycles. The Labute approximate surface area is 151 Å². The van der Waals surface area contributed by atoms with E-state index >= 15 is 0 Å². The summed E-state index contributed by atoms with van der Waals surface area (Å²) in [7, 11) is 0. The predicted molar refractivity (Wildman–Crippen MR) is 99.5 cm³/mol. The summed E-state index contributed by atoms with van der Waals surface area (Å²) >= 11 is 0. The van der Waals surface area contributed by atoms with Crippen LogP contribution in [0, 0.1) is 0 Å². The molecule has 0 amide bonds. The second-order valence-electron chi connectivity index (χ2n) is 6.08. The van der Waals surface area contributed by atoms with Gasteiger partial charge in [-0.15, -0.1) is 10.2 Å². The second-order valence-corrected chi connectivity index (χ2v) is 6.08. The zero-order valence-electron chi connectivity index (χ0n) is 14.4. The molecule has 0 saturated heterocycles. The minimum Gasteiger partial charge on any atom is -0.418 e. The Bertz CT molecular complexity index is 963. The predicted octanol–water partition coefficient (Wildman–Crippen LogP) is 4.15. The van der Waals surface area contributed by atoms with Gasteiger partial charge >= 0.3 is 0 Å². The number of nitrogens with one attached hydrogen (secondary N) is 1. The summed E-state index contributed by atoms with van der Waals surface area (Å²) in [6, 6.07) is 19.8. The van der Waals surface area contributed by atoms with Crippen molar-refractivity contribution in [3.63, 3.8) is 0 Å². The summed E-state index contributed by atoms with van der Waals surface area (Å²) < 4.78 is 7.72. The van der Waals surface area contributed by atoms with Crippen molar-refractivity contribution < 1.29 is 4.42 Å². The summed E-state index contributed by atoms with van der Waals surface area (Å²) in [5.74, 6) is 1.09. The van der Waals surface area contributed by atoms with Gasteiger partial charge in [-0.05, 0) is 42.8 Å². The quantitative estimate of drug-likeness (QED) is 0.568. The fourth-order valence-corrected chi connectivity index (χ4v) is 2.76. The topological polar surface area (TPSA) is 68.8 Å². The number of aromatic nitrogens is 4. The van der Waals surface area contributed by atoms with E-state index in [0.29, 0.717) is 11.8 Å². The van der Waals surface area contributed by atoms with E-state index in [4.69, 9.17) is 4.42 Å². The first-order valence-electron chi connectivity index (χ1n) is 8.50. The van der Waals surface area contributed by atoms with Crippen molar-refractivity contribution in [1.82, 2.24) is 20.0 Å². The van der Waals surface area contributed by atoms with Crippen molar-refractivity contribution >= 4 is 5.69 Å². The van der Waals surface area contributed by atoms with E-state index < -0.39 is 0 Å². The fourth-order valence-electron chi connectivity index (χ4n) is 2.76. The van der Waals surface area contributed by atoms with E-state index in [0.717, 1.165) is 17.8 Å². The van der Waals surface area contributed by atoms with Crippen molar-refractivity contribution in [1.29, 1.82) is 0 Å². The highest BCUT2D eigenvalue weighted by molar-refractivity contribution is 5.52. The van der Waals surface area contributed by atoms with Crippen LogP contribution in [0.25, 0.3) is 11.5 Å². The van der Waals surface area contributed by atoms with Crippen LogP contribution < -0.4 is 5.32 Å². The zero-order chi connectivity index (χ0) is 17.8. The molecule has 0 aliphatic rings. The lowest BCUT2D eigenvalue weighted by Gasteiger charge is -2.12. The molecule has 4 aromatic rings. The molecule has 130 valence electrons. The Morgan fingerprint density at radius 1 is 1.04 bits per heavy atom. The van der Waals surface area contributed by atoms with E-state index in [1.807, 2.05) is 66.3 Å². The number of hydrogen-bond acceptors (Lipinski definition) is 5. The normalized spacial score (nSPS) is 12.0. The van der Waals surface area contributed by atoms with Gasteiger partial charge < -0.3 is 9.73 Å². The highest BCUT2D eigenvalue weighted by atomic mass is 16.4. The molecule has 0 spiro atoms. The van der Waals surface area contributed by atoms with Gasteiger partial charge in [0.05, 0.1) is 6.54 Å². The van der Waals surface area contributed by atoms with Gasteiger partial charge in [0.2, 0.25) is 11.8 Å². The molecule has 0 saturated carbocycles. The zero-order valence-corrected chi connectivity index (χ0v) is 14.4. The Morgan fingerprint density at radius 2 is 1.92 bits per heavy atom. The van der Waals surface area contributed by atoms with Crippen molar-refractivity contribution in [3.8, 4) is 11.5 Å². The molecular formula is C20H19N5O. The molecule has 4 rings (SSSR count). The van der Waals surface area contributed by atoms with E-state index in [1.165, 1.54) is 5.56 Å². The summed E-state index contributed by atoms with van der Waals surface area (Å²) in [6.45, 7) is 2.73. The molecule has 0 fully saturated rings. The first kappa shape index (κ1) is 16.1. The third-order valence-corrected chi connectivity index (χ3v) is 4.05. The maximum Gasteiger partial charge on any atom is 0.247 e. The van der Waals surface area contributed by atoms with Gasteiger partial charge in [0.1, 0.15) is 6.04 Å². The smallest absolute Gasteiger partial charge is 0.247 e. The van der Waals surface area contributed by atoms with Gasteiger partial charge in [-0.3, -0.25) is 4.68 Å². The van der Waals surface area contributed by atoms with Crippen LogP contribution in [0.2, 0.25) is 0 Å². The maximum atomic E-state index is 5.82. The fraction of sp³-hybridized carbons (Fsp3) is 0.150. The highest BCUT2D eigenvalue weighted by Gasteiger charge is 2.15. The Hall–Kier alpha value is -3.41. The molecule has 1 atom stereocenters. The molecule has 0 aliphatic carbocycles. The maximum absolute atomic E-state index is 5.82. The lowest BCUT2D eigenvalue weighted by Crippen LogP contribution is -2.08. The lowest BCUT2D eigenvalue weighted by atomic mass is 10.2. The summed E-state index contributed by atoms with van der Waals surface area (Å²) in [5.41, 5.74) is 3.09. The first-order valence-corrected chi connectivity index (χ1v) is 8.50. The molecule has 26 heavy (non-hydrogen) atoms. The molecule has 0 unspecified atom stereocenters. The Morgan fingerprint density at radius 3 is 2.73 bits per heavy atom. The Kier molecular flexibility index (Phi) is 4.47. The van der Waals surface area contributed by atoms with Crippen LogP contribution in [0.15, 0.2) is 77.5 Å². The van der Waals surface area contributed by atoms with Crippen molar-refractivity contribution in [2.45, 2.75) is 19.5 Å². The average Bonchev–Trinajstić information content (AvgIpc) is 3.35. The van der Waals surface area contributed by atoms with Crippen molar-refractivity contribution in [2.75, 3.05) is 5.32 Å². The monoisotopic (exact) mass is 345 g/mol. The third kappa shape index (κ3) is 3.64. The number of rotatable bonds is 6. The van der Waals surface area contributed by atoms with Crippen molar-refractivity contribution in [3.05, 3.63) is 84.5 Å². The largest absolute Gasteiger partial charge is 0.418 e. The number of anilines is 1. The van der Waals surface area contributed by atoms with Gasteiger partial charge in [-0.25, -0.2) is 0 Å². The molecule has 0 radical (unpaired) electrons. The summed E-state index contributed by atoms with van der Waals surface area (Å²) in [6.07, 6.45) is 3.73. The van der Waals surface area contributed by atoms with Gasteiger partial charge in [0.15, 0.2) is 0 Å². The molecule has 0 aliphatic heterocycles. The van der Waals surface area contributed by atoms with Crippen molar-refractivity contribution in [2.24, 2.45) is 0 Å². The Balaban J connectivity index is 1.46. The van der Waals surface area contributed by atoms with Crippen LogP contribution in [0.3, 0.4) is 0 Å². The van der Waals surface area contributed by atoms with Crippen LogP contribution in [-0.2, 0) is 6.54 Å². The summed E-state index contributed by atoms with van der Waals surface area (Å²) in [4.78, 5) is 0.